The third kappa shape index (κ3) is 8.65. The van der Waals surface area contributed by atoms with Crippen LogP contribution >= 0.6 is 0 Å². The zero-order valence-electron chi connectivity index (χ0n) is 24.2. The van der Waals surface area contributed by atoms with Crippen molar-refractivity contribution in [3.63, 3.8) is 0 Å². The van der Waals surface area contributed by atoms with E-state index < -0.39 is 35.8 Å². The van der Waals surface area contributed by atoms with Crippen LogP contribution in [-0.4, -0.2) is 62.6 Å². The van der Waals surface area contributed by atoms with E-state index in [4.69, 9.17) is 6.42 Å². The Bertz CT molecular complexity index is 1590. The van der Waals surface area contributed by atoms with Gasteiger partial charge >= 0.3 is 11.9 Å². The number of rotatable bonds is 14. The fourth-order valence-electron chi connectivity index (χ4n) is 4.50. The van der Waals surface area contributed by atoms with Crippen LogP contribution in [0.25, 0.3) is 10.9 Å². The highest BCUT2D eigenvalue weighted by molar-refractivity contribution is 5.97. The van der Waals surface area contributed by atoms with Crippen molar-refractivity contribution in [2.45, 2.75) is 58.7 Å². The van der Waals surface area contributed by atoms with Crippen molar-refractivity contribution >= 4 is 40.3 Å². The van der Waals surface area contributed by atoms with Gasteiger partial charge in [-0.25, -0.2) is 14.6 Å². The molecule has 5 N–H and O–H groups in total. The van der Waals surface area contributed by atoms with Crippen LogP contribution < -0.4 is 21.1 Å². The van der Waals surface area contributed by atoms with Gasteiger partial charge in [-0.1, -0.05) is 32.3 Å². The minimum Gasteiger partial charge on any atom is -0.480 e. The number of aromatic nitrogens is 2. The van der Waals surface area contributed by atoms with Crippen LogP contribution in [0.2, 0.25) is 0 Å². The number of hydrogen-bond acceptors (Lipinski definition) is 7. The van der Waals surface area contributed by atoms with Gasteiger partial charge in [0, 0.05) is 24.2 Å². The van der Waals surface area contributed by atoms with E-state index in [1.807, 2.05) is 11.0 Å². The maximum Gasteiger partial charge on any atom is 0.326 e. The van der Waals surface area contributed by atoms with Crippen LogP contribution in [0.15, 0.2) is 47.3 Å². The highest BCUT2D eigenvalue weighted by Crippen LogP contribution is 2.20. The molecule has 3 rings (SSSR count). The highest BCUT2D eigenvalue weighted by atomic mass is 16.4. The summed E-state index contributed by atoms with van der Waals surface area (Å²) >= 11 is 0. The van der Waals surface area contributed by atoms with E-state index in [-0.39, 0.29) is 36.4 Å². The van der Waals surface area contributed by atoms with Crippen LogP contribution in [0.5, 0.6) is 0 Å². The number of nitrogens with zero attached hydrogens (tertiary/aromatic N) is 2. The highest BCUT2D eigenvalue weighted by Gasteiger charge is 2.27. The van der Waals surface area contributed by atoms with Crippen molar-refractivity contribution in [3.8, 4) is 12.3 Å². The molecule has 1 aromatic heterocycles. The largest absolute Gasteiger partial charge is 0.480 e. The molecule has 0 unspecified atom stereocenters. The lowest BCUT2D eigenvalue weighted by molar-refractivity contribution is -0.144. The van der Waals surface area contributed by atoms with E-state index in [9.17, 15) is 34.2 Å². The average molecular weight is 590 g/mol. The molecule has 3 aromatic rings. The second-order valence-electron chi connectivity index (χ2n) is 10.3. The predicted molar refractivity (Wildman–Crippen MR) is 161 cm³/mol. The number of aryl methyl sites for hydroxylation is 1. The van der Waals surface area contributed by atoms with Crippen LogP contribution in [0, 0.1) is 25.2 Å². The monoisotopic (exact) mass is 589 g/mol. The number of carbonyl (C=O) groups is 4. The number of nitrogens with one attached hydrogen (secondary N) is 3. The molecule has 12 heteroatoms. The molecule has 3 atom stereocenters. The van der Waals surface area contributed by atoms with Gasteiger partial charge in [0.1, 0.15) is 17.9 Å². The van der Waals surface area contributed by atoms with E-state index in [2.05, 4.69) is 26.5 Å². The fraction of sp³-hybridized carbons (Fsp3) is 0.355. The summed E-state index contributed by atoms with van der Waals surface area (Å²) in [6.45, 7) is 5.83. The van der Waals surface area contributed by atoms with Gasteiger partial charge in [-0.05, 0) is 61.2 Å². The Hall–Kier alpha value is -5.18. The van der Waals surface area contributed by atoms with Crippen LogP contribution in [0.3, 0.4) is 0 Å². The Morgan fingerprint density at radius 2 is 1.77 bits per heavy atom. The van der Waals surface area contributed by atoms with Crippen LogP contribution in [0.1, 0.15) is 54.9 Å². The number of anilines is 1. The fourth-order valence-corrected chi connectivity index (χ4v) is 4.50. The molecule has 1 heterocycles. The Balaban J connectivity index is 1.66. The standard InChI is InChI=1S/C31H35N5O7/c1-5-15-36(17-20-7-12-24-23(16-20)29(39)33-19(4)32-24)22-10-8-21(9-11-22)28(38)34-25(30(40)41)13-14-26(37)35-27(31(42)43)18(3)6-2/h1,7-12,16,18,25,27H,6,13-15,17H2,2-4H3,(H,34,38)(H,35,37)(H,40,41)(H,42,43)(H,32,33,39)/t18-,25-,27-/m1/s1. The molecule has 0 aliphatic heterocycles. The smallest absolute Gasteiger partial charge is 0.326 e. The number of fused-ring (bicyclic) bond motifs is 1. The summed E-state index contributed by atoms with van der Waals surface area (Å²) in [6.07, 6.45) is 5.62. The number of carbonyl (C=O) groups excluding carboxylic acids is 2. The molecule has 0 aliphatic rings. The predicted octanol–water partition coefficient (Wildman–Crippen LogP) is 2.45. The molecule has 0 aliphatic carbocycles. The number of benzene rings is 2. The van der Waals surface area contributed by atoms with E-state index in [1.54, 1.807) is 45.0 Å². The summed E-state index contributed by atoms with van der Waals surface area (Å²) in [4.78, 5) is 69.7. The molecule has 226 valence electrons. The van der Waals surface area contributed by atoms with Gasteiger partial charge in [0.15, 0.2) is 0 Å². The van der Waals surface area contributed by atoms with E-state index in [0.29, 0.717) is 35.4 Å². The molecule has 43 heavy (non-hydrogen) atoms. The van der Waals surface area contributed by atoms with Crippen molar-refractivity contribution in [2.24, 2.45) is 5.92 Å². The Labute approximate surface area is 248 Å². The summed E-state index contributed by atoms with van der Waals surface area (Å²) in [5.74, 6) is -0.947. The van der Waals surface area contributed by atoms with Crippen molar-refractivity contribution in [2.75, 3.05) is 11.4 Å². The van der Waals surface area contributed by atoms with E-state index >= 15 is 0 Å². The number of carboxylic acids is 2. The van der Waals surface area contributed by atoms with Crippen molar-refractivity contribution < 1.29 is 29.4 Å². The van der Waals surface area contributed by atoms with Crippen molar-refractivity contribution in [1.29, 1.82) is 0 Å². The van der Waals surface area contributed by atoms with Crippen LogP contribution in [0.4, 0.5) is 5.69 Å². The van der Waals surface area contributed by atoms with Crippen LogP contribution in [-0.2, 0) is 20.9 Å². The number of terminal acetylenes is 1. The van der Waals surface area contributed by atoms with Gasteiger partial charge in [0.05, 0.1) is 17.4 Å². The zero-order chi connectivity index (χ0) is 31.7. The maximum absolute atomic E-state index is 12.8. The first-order valence-electron chi connectivity index (χ1n) is 13.8. The molecular weight excluding hydrogens is 554 g/mol. The first-order valence-corrected chi connectivity index (χ1v) is 13.8. The maximum atomic E-state index is 12.8. The van der Waals surface area contributed by atoms with E-state index in [0.717, 1.165) is 5.56 Å². The molecule has 12 nitrogen and oxygen atoms in total. The molecule has 0 bridgehead atoms. The molecule has 0 spiro atoms. The number of aromatic amines is 1. The molecule has 0 saturated heterocycles. The third-order valence-electron chi connectivity index (χ3n) is 7.10. The Morgan fingerprint density at radius 3 is 2.37 bits per heavy atom. The summed E-state index contributed by atoms with van der Waals surface area (Å²) in [7, 11) is 0. The second-order valence-corrected chi connectivity index (χ2v) is 10.3. The van der Waals surface area contributed by atoms with E-state index in [1.165, 1.54) is 12.1 Å². The summed E-state index contributed by atoms with van der Waals surface area (Å²) in [6, 6.07) is 9.34. The van der Waals surface area contributed by atoms with Gasteiger partial charge in [0.25, 0.3) is 11.5 Å². The average Bonchev–Trinajstić information content (AvgIpc) is 2.97. The number of amides is 2. The SMILES string of the molecule is C#CCN(Cc1ccc2nc(C)[nH]c(=O)c2c1)c1ccc(C(=O)N[C@H](CCC(=O)N[C@@H](C(=O)O)[C@H](C)CC)C(=O)O)cc1. The van der Waals surface area contributed by atoms with Crippen molar-refractivity contribution in [1.82, 2.24) is 20.6 Å². The molecule has 0 saturated carbocycles. The lowest BCUT2D eigenvalue weighted by Crippen LogP contribution is -2.46. The topological polar surface area (TPSA) is 182 Å². The van der Waals surface area contributed by atoms with Gasteiger partial charge in [0.2, 0.25) is 5.91 Å². The lowest BCUT2D eigenvalue weighted by Gasteiger charge is -2.23. The number of hydrogen-bond donors (Lipinski definition) is 5. The molecule has 0 fully saturated rings. The van der Waals surface area contributed by atoms with Gasteiger partial charge in [-0.3, -0.25) is 14.4 Å². The van der Waals surface area contributed by atoms with Gasteiger partial charge in [-0.15, -0.1) is 6.42 Å². The molecule has 2 amide bonds. The molecule has 0 radical (unpaired) electrons. The first-order chi connectivity index (χ1) is 20.4. The van der Waals surface area contributed by atoms with Crippen molar-refractivity contribution in [3.05, 3.63) is 69.8 Å². The van der Waals surface area contributed by atoms with Gasteiger partial charge in [-0.2, -0.15) is 0 Å². The lowest BCUT2D eigenvalue weighted by atomic mass is 9.99. The number of aliphatic carboxylic acids is 2. The molecule has 2 aromatic carbocycles. The Kier molecular flexibility index (Phi) is 11.0. The summed E-state index contributed by atoms with van der Waals surface area (Å²) in [5, 5.41) is 24.3. The second kappa shape index (κ2) is 14.6. The number of carboxylic acid groups (broad SMARTS) is 2. The zero-order valence-corrected chi connectivity index (χ0v) is 24.2. The molecular formula is C31H35N5O7. The quantitative estimate of drug-likeness (QED) is 0.176. The van der Waals surface area contributed by atoms with Gasteiger partial charge < -0.3 is 30.7 Å². The minimum atomic E-state index is -1.36. The third-order valence-corrected chi connectivity index (χ3v) is 7.10. The Morgan fingerprint density at radius 1 is 1.07 bits per heavy atom. The summed E-state index contributed by atoms with van der Waals surface area (Å²) < 4.78 is 0. The summed E-state index contributed by atoms with van der Waals surface area (Å²) in [5.41, 5.74) is 2.07. The minimum absolute atomic E-state index is 0.196. The first kappa shape index (κ1) is 32.3. The normalized spacial score (nSPS) is 12.9. The number of H-pyrrole nitrogens is 1.